The number of carbonyl (C=O) groups excluding carboxylic acids is 3. The Morgan fingerprint density at radius 2 is 1.62 bits per heavy atom. The second kappa shape index (κ2) is 7.62. The van der Waals surface area contributed by atoms with E-state index in [0.29, 0.717) is 23.1 Å². The van der Waals surface area contributed by atoms with Crippen molar-refractivity contribution in [2.45, 2.75) is 12.8 Å². The predicted octanol–water partition coefficient (Wildman–Crippen LogP) is 2.33. The van der Waals surface area contributed by atoms with Crippen LogP contribution < -0.4 is 0 Å². The number of hydrogen-bond acceptors (Lipinski definition) is 5. The number of nitrogens with zero attached hydrogens (tertiary/aromatic N) is 2. The second-order valence-corrected chi connectivity index (χ2v) is 5.84. The number of aryl methyl sites for hydroxylation is 1. The highest BCUT2D eigenvalue weighted by Gasteiger charge is 2.34. The number of esters is 1. The Bertz CT molecular complexity index is 862. The second-order valence-electron chi connectivity index (χ2n) is 5.84. The molecular formula is C20H16N2O4. The summed E-state index contributed by atoms with van der Waals surface area (Å²) in [6.45, 7) is 0.00657. The van der Waals surface area contributed by atoms with E-state index < -0.39 is 5.97 Å². The van der Waals surface area contributed by atoms with Crippen molar-refractivity contribution in [2.24, 2.45) is 0 Å². The molecule has 2 aromatic carbocycles. The quantitative estimate of drug-likeness (QED) is 0.590. The number of fused-ring (bicyclic) bond motifs is 1. The van der Waals surface area contributed by atoms with Gasteiger partial charge in [-0.1, -0.05) is 24.3 Å². The molecule has 2 aromatic rings. The van der Waals surface area contributed by atoms with E-state index in [4.69, 9.17) is 10.00 Å². The van der Waals surface area contributed by atoms with Crippen LogP contribution in [0.1, 0.15) is 38.3 Å². The normalized spacial score (nSPS) is 12.7. The molecule has 0 N–H and O–H groups in total. The predicted molar refractivity (Wildman–Crippen MR) is 92.2 cm³/mol. The first kappa shape index (κ1) is 17.4. The number of nitriles is 1. The number of imide groups is 1. The number of rotatable bonds is 6. The van der Waals surface area contributed by atoms with Crippen LogP contribution in [0.25, 0.3) is 0 Å². The lowest BCUT2D eigenvalue weighted by Crippen LogP contribution is -2.33. The van der Waals surface area contributed by atoms with Gasteiger partial charge in [-0.2, -0.15) is 5.26 Å². The molecule has 0 spiro atoms. The molecule has 0 fully saturated rings. The van der Waals surface area contributed by atoms with Crippen LogP contribution in [0.5, 0.6) is 0 Å². The summed E-state index contributed by atoms with van der Waals surface area (Å²) in [5.41, 5.74) is 2.26. The molecular weight excluding hydrogens is 332 g/mol. The molecule has 3 rings (SSSR count). The summed E-state index contributed by atoms with van der Waals surface area (Å²) in [5, 5.41) is 8.75. The van der Waals surface area contributed by atoms with Gasteiger partial charge in [0.2, 0.25) is 0 Å². The van der Waals surface area contributed by atoms with Crippen LogP contribution >= 0.6 is 0 Å². The maximum absolute atomic E-state index is 12.2. The Balaban J connectivity index is 1.45. The van der Waals surface area contributed by atoms with Crippen molar-refractivity contribution < 1.29 is 19.1 Å². The van der Waals surface area contributed by atoms with Crippen LogP contribution in [0, 0.1) is 11.3 Å². The zero-order chi connectivity index (χ0) is 18.5. The molecule has 6 nitrogen and oxygen atoms in total. The van der Waals surface area contributed by atoms with E-state index in [-0.39, 0.29) is 31.4 Å². The maximum atomic E-state index is 12.2. The molecule has 130 valence electrons. The van der Waals surface area contributed by atoms with Crippen LogP contribution in [-0.4, -0.2) is 35.8 Å². The van der Waals surface area contributed by atoms with Crippen molar-refractivity contribution >= 4 is 17.8 Å². The van der Waals surface area contributed by atoms with Crippen LogP contribution in [0.15, 0.2) is 48.5 Å². The van der Waals surface area contributed by atoms with Gasteiger partial charge in [-0.05, 0) is 36.2 Å². The molecule has 1 aliphatic rings. The highest BCUT2D eigenvalue weighted by molar-refractivity contribution is 6.21. The Labute approximate surface area is 150 Å². The van der Waals surface area contributed by atoms with E-state index >= 15 is 0 Å². The third kappa shape index (κ3) is 3.62. The molecule has 6 heteroatoms. The molecule has 0 aliphatic carbocycles. The highest BCUT2D eigenvalue weighted by atomic mass is 16.5. The summed E-state index contributed by atoms with van der Waals surface area (Å²) in [5.74, 6) is -1.12. The number of amides is 2. The minimum Gasteiger partial charge on any atom is -0.464 e. The van der Waals surface area contributed by atoms with E-state index in [2.05, 4.69) is 0 Å². The van der Waals surface area contributed by atoms with Crippen molar-refractivity contribution in [1.82, 2.24) is 4.90 Å². The van der Waals surface area contributed by atoms with Gasteiger partial charge in [0.25, 0.3) is 11.8 Å². The average molecular weight is 348 g/mol. The van der Waals surface area contributed by atoms with Gasteiger partial charge in [0.15, 0.2) is 0 Å². The minimum atomic E-state index is -0.397. The largest absolute Gasteiger partial charge is 0.464 e. The van der Waals surface area contributed by atoms with Crippen molar-refractivity contribution in [3.8, 4) is 6.07 Å². The third-order valence-electron chi connectivity index (χ3n) is 4.16. The molecule has 26 heavy (non-hydrogen) atoms. The fourth-order valence-electron chi connectivity index (χ4n) is 2.76. The Morgan fingerprint density at radius 3 is 2.19 bits per heavy atom. The number of benzene rings is 2. The smallest absolute Gasteiger partial charge is 0.306 e. The van der Waals surface area contributed by atoms with E-state index in [9.17, 15) is 14.4 Å². The van der Waals surface area contributed by atoms with Crippen molar-refractivity contribution in [1.29, 1.82) is 5.26 Å². The fraction of sp³-hybridized carbons (Fsp3) is 0.200. The number of hydrogen-bond donors (Lipinski definition) is 0. The third-order valence-corrected chi connectivity index (χ3v) is 4.16. The molecule has 0 radical (unpaired) electrons. The lowest BCUT2D eigenvalue weighted by molar-refractivity contribution is -0.143. The summed E-state index contributed by atoms with van der Waals surface area (Å²) >= 11 is 0. The average Bonchev–Trinajstić information content (AvgIpc) is 2.92. The van der Waals surface area contributed by atoms with Crippen molar-refractivity contribution in [3.05, 3.63) is 70.8 Å². The van der Waals surface area contributed by atoms with Crippen LogP contribution in [0.3, 0.4) is 0 Å². The topological polar surface area (TPSA) is 87.5 Å². The molecule has 1 aliphatic heterocycles. The summed E-state index contributed by atoms with van der Waals surface area (Å²) in [4.78, 5) is 37.3. The minimum absolute atomic E-state index is 0.0301. The molecule has 0 saturated heterocycles. The van der Waals surface area contributed by atoms with Crippen LogP contribution in [-0.2, 0) is 16.0 Å². The maximum Gasteiger partial charge on any atom is 0.306 e. The fourth-order valence-corrected chi connectivity index (χ4v) is 2.76. The van der Waals surface area contributed by atoms with Crippen molar-refractivity contribution in [3.63, 3.8) is 0 Å². The van der Waals surface area contributed by atoms with Gasteiger partial charge in [-0.25, -0.2) is 0 Å². The van der Waals surface area contributed by atoms with Crippen LogP contribution in [0.2, 0.25) is 0 Å². The molecule has 0 atom stereocenters. The summed E-state index contributed by atoms with van der Waals surface area (Å²) in [6.07, 6.45) is 0.686. The molecule has 0 bridgehead atoms. The van der Waals surface area contributed by atoms with E-state index in [1.807, 2.05) is 6.07 Å². The zero-order valence-corrected chi connectivity index (χ0v) is 14.0. The molecule has 0 unspecified atom stereocenters. The SMILES string of the molecule is N#Cc1ccc(CCC(=O)OCCN2C(=O)c3ccccc3C2=O)cc1. The molecule has 1 heterocycles. The summed E-state index contributed by atoms with van der Waals surface area (Å²) < 4.78 is 5.13. The monoisotopic (exact) mass is 348 g/mol. The van der Waals surface area contributed by atoms with Gasteiger partial charge in [-0.15, -0.1) is 0 Å². The first-order chi connectivity index (χ1) is 12.6. The first-order valence-corrected chi connectivity index (χ1v) is 8.20. The Morgan fingerprint density at radius 1 is 1.00 bits per heavy atom. The van der Waals surface area contributed by atoms with E-state index in [1.165, 1.54) is 0 Å². The molecule has 2 amide bonds. The van der Waals surface area contributed by atoms with Gasteiger partial charge in [0.05, 0.1) is 29.3 Å². The van der Waals surface area contributed by atoms with Gasteiger partial charge >= 0.3 is 5.97 Å². The van der Waals surface area contributed by atoms with Gasteiger partial charge in [-0.3, -0.25) is 19.3 Å². The molecule has 0 saturated carbocycles. The standard InChI is InChI=1S/C20H16N2O4/c21-13-15-7-5-14(6-8-15)9-10-18(23)26-12-11-22-19(24)16-3-1-2-4-17(16)20(22)25/h1-8H,9-12H2. The molecule has 0 aromatic heterocycles. The highest BCUT2D eigenvalue weighted by Crippen LogP contribution is 2.21. The number of ether oxygens (including phenoxy) is 1. The summed E-state index contributed by atoms with van der Waals surface area (Å²) in [6, 6.07) is 15.7. The van der Waals surface area contributed by atoms with E-state index in [0.717, 1.165) is 10.5 Å². The van der Waals surface area contributed by atoms with Crippen LogP contribution in [0.4, 0.5) is 0 Å². The van der Waals surface area contributed by atoms with Crippen molar-refractivity contribution in [2.75, 3.05) is 13.2 Å². The lowest BCUT2D eigenvalue weighted by atomic mass is 10.1. The Kier molecular flexibility index (Phi) is 5.09. The Hall–Kier alpha value is -3.46. The summed E-state index contributed by atoms with van der Waals surface area (Å²) in [7, 11) is 0. The van der Waals surface area contributed by atoms with Gasteiger partial charge < -0.3 is 4.74 Å². The first-order valence-electron chi connectivity index (χ1n) is 8.20. The lowest BCUT2D eigenvalue weighted by Gasteiger charge is -2.13. The zero-order valence-electron chi connectivity index (χ0n) is 14.0. The van der Waals surface area contributed by atoms with E-state index in [1.54, 1.807) is 48.5 Å². The number of carbonyl (C=O) groups is 3. The van der Waals surface area contributed by atoms with Gasteiger partial charge in [0.1, 0.15) is 6.61 Å². The van der Waals surface area contributed by atoms with Gasteiger partial charge in [0, 0.05) is 6.42 Å².